The van der Waals surface area contributed by atoms with Crippen LogP contribution in [0.3, 0.4) is 0 Å². The molecule has 2 unspecified atom stereocenters. The third kappa shape index (κ3) is 3.63. The van der Waals surface area contributed by atoms with Crippen molar-refractivity contribution in [1.82, 2.24) is 0 Å². The lowest BCUT2D eigenvalue weighted by molar-refractivity contribution is -0.150. The minimum absolute atomic E-state index is 0.287. The second kappa shape index (κ2) is 5.48. The van der Waals surface area contributed by atoms with Gasteiger partial charge in [0.15, 0.2) is 0 Å². The molecule has 1 aliphatic rings. The van der Waals surface area contributed by atoms with Crippen molar-refractivity contribution >= 4 is 5.97 Å². The quantitative estimate of drug-likeness (QED) is 0.733. The summed E-state index contributed by atoms with van der Waals surface area (Å²) in [5, 5.41) is 8.94. The Balaban J connectivity index is 2.30. The van der Waals surface area contributed by atoms with E-state index >= 15 is 0 Å². The molecule has 0 radical (unpaired) electrons. The molecule has 0 saturated heterocycles. The van der Waals surface area contributed by atoms with Crippen LogP contribution in [0.1, 0.15) is 33.6 Å². The van der Waals surface area contributed by atoms with Crippen molar-refractivity contribution in [3.05, 3.63) is 12.2 Å². The van der Waals surface area contributed by atoms with Crippen molar-refractivity contribution in [3.8, 4) is 0 Å². The van der Waals surface area contributed by atoms with Crippen molar-refractivity contribution in [3.63, 3.8) is 0 Å². The number of hydrogen-bond acceptors (Lipinski definition) is 2. The molecule has 0 bridgehead atoms. The van der Waals surface area contributed by atoms with Gasteiger partial charge in [0, 0.05) is 6.61 Å². The van der Waals surface area contributed by atoms with Crippen LogP contribution in [0.2, 0.25) is 0 Å². The molecule has 0 heterocycles. The molecule has 0 aliphatic heterocycles. The molecule has 1 aliphatic carbocycles. The average Bonchev–Trinajstić information content (AvgIpc) is 2.20. The van der Waals surface area contributed by atoms with Gasteiger partial charge in [0.05, 0.1) is 12.0 Å². The van der Waals surface area contributed by atoms with E-state index in [1.807, 2.05) is 0 Å². The molecule has 92 valence electrons. The predicted octanol–water partition coefficient (Wildman–Crippen LogP) is 2.72. The highest BCUT2D eigenvalue weighted by atomic mass is 16.5. The van der Waals surface area contributed by atoms with Gasteiger partial charge in [0.2, 0.25) is 0 Å². The second-order valence-electron chi connectivity index (χ2n) is 5.38. The van der Waals surface area contributed by atoms with Crippen molar-refractivity contribution in [2.75, 3.05) is 13.2 Å². The summed E-state index contributed by atoms with van der Waals surface area (Å²) in [7, 11) is 0. The maximum absolute atomic E-state index is 10.9. The smallest absolute Gasteiger partial charge is 0.311 e. The molecule has 0 aromatic rings. The number of rotatable bonds is 5. The average molecular weight is 226 g/mol. The third-order valence-corrected chi connectivity index (χ3v) is 3.29. The number of carbonyl (C=O) groups is 1. The van der Waals surface area contributed by atoms with Gasteiger partial charge in [-0.25, -0.2) is 0 Å². The maximum atomic E-state index is 10.9. The lowest BCUT2D eigenvalue weighted by atomic mass is 9.85. The zero-order chi connectivity index (χ0) is 12.2. The minimum Gasteiger partial charge on any atom is -0.481 e. The van der Waals surface area contributed by atoms with Crippen LogP contribution in [0.15, 0.2) is 12.2 Å². The summed E-state index contributed by atoms with van der Waals surface area (Å²) in [4.78, 5) is 10.9. The molecule has 0 spiro atoms. The van der Waals surface area contributed by atoms with Crippen LogP contribution in [-0.4, -0.2) is 24.3 Å². The summed E-state index contributed by atoms with van der Waals surface area (Å²) in [5.74, 6) is 0.372. The largest absolute Gasteiger partial charge is 0.481 e. The van der Waals surface area contributed by atoms with Gasteiger partial charge < -0.3 is 9.84 Å². The summed E-state index contributed by atoms with van der Waals surface area (Å²) in [5.41, 5.74) is -0.784. The van der Waals surface area contributed by atoms with Gasteiger partial charge in [-0.2, -0.15) is 0 Å². The summed E-state index contributed by atoms with van der Waals surface area (Å²) in [6, 6.07) is 0. The number of allylic oxidation sites excluding steroid dienone is 2. The molecule has 0 saturated carbocycles. The van der Waals surface area contributed by atoms with E-state index in [4.69, 9.17) is 9.84 Å². The Morgan fingerprint density at radius 3 is 2.62 bits per heavy atom. The van der Waals surface area contributed by atoms with E-state index < -0.39 is 11.4 Å². The Labute approximate surface area is 97.5 Å². The minimum atomic E-state index is -0.802. The fraction of sp³-hybridized carbons (Fsp3) is 0.769. The number of ether oxygens (including phenoxy) is 1. The van der Waals surface area contributed by atoms with Gasteiger partial charge in [-0.1, -0.05) is 19.1 Å². The number of carboxylic acid groups (broad SMARTS) is 1. The monoisotopic (exact) mass is 226 g/mol. The topological polar surface area (TPSA) is 46.5 Å². The molecular weight excluding hydrogens is 204 g/mol. The molecule has 1 rings (SSSR count). The standard InChI is InChI=1S/C13H22O3/c1-10-6-4-5-7-11(10)8-16-9-13(2,3)12(14)15/h4-5,10-11H,6-9H2,1-3H3,(H,14,15). The first kappa shape index (κ1) is 13.2. The van der Waals surface area contributed by atoms with Crippen LogP contribution in [0.5, 0.6) is 0 Å². The number of hydrogen-bond donors (Lipinski definition) is 1. The Morgan fingerprint density at radius 2 is 2.06 bits per heavy atom. The SMILES string of the molecule is CC1CC=CCC1COCC(C)(C)C(=O)O. The molecule has 0 aromatic heterocycles. The van der Waals surface area contributed by atoms with Crippen LogP contribution in [0.4, 0.5) is 0 Å². The number of aliphatic carboxylic acids is 1. The van der Waals surface area contributed by atoms with Gasteiger partial charge in [-0.15, -0.1) is 0 Å². The van der Waals surface area contributed by atoms with Crippen LogP contribution < -0.4 is 0 Å². The fourth-order valence-electron chi connectivity index (χ4n) is 1.77. The molecule has 0 amide bonds. The normalized spacial score (nSPS) is 25.7. The molecular formula is C13H22O3. The molecule has 0 aromatic carbocycles. The van der Waals surface area contributed by atoms with E-state index in [1.165, 1.54) is 0 Å². The van der Waals surface area contributed by atoms with Crippen molar-refractivity contribution < 1.29 is 14.6 Å². The molecule has 3 heteroatoms. The van der Waals surface area contributed by atoms with Crippen LogP contribution in [0, 0.1) is 17.3 Å². The van der Waals surface area contributed by atoms with Crippen LogP contribution in [-0.2, 0) is 9.53 Å². The predicted molar refractivity (Wildman–Crippen MR) is 63.3 cm³/mol. The Morgan fingerprint density at radius 1 is 1.44 bits per heavy atom. The molecule has 0 fully saturated rings. The summed E-state index contributed by atoms with van der Waals surface area (Å²) < 4.78 is 5.55. The van der Waals surface area contributed by atoms with E-state index in [0.717, 1.165) is 12.8 Å². The van der Waals surface area contributed by atoms with Gasteiger partial charge >= 0.3 is 5.97 Å². The first-order valence-corrected chi connectivity index (χ1v) is 5.89. The number of carboxylic acids is 1. The van der Waals surface area contributed by atoms with E-state index in [2.05, 4.69) is 19.1 Å². The molecule has 1 N–H and O–H groups in total. The second-order valence-corrected chi connectivity index (χ2v) is 5.38. The van der Waals surface area contributed by atoms with Gasteiger partial charge in [-0.05, 0) is 38.5 Å². The van der Waals surface area contributed by atoms with Gasteiger partial charge in [-0.3, -0.25) is 4.79 Å². The summed E-state index contributed by atoms with van der Waals surface area (Å²) >= 11 is 0. The van der Waals surface area contributed by atoms with Crippen LogP contribution in [0.25, 0.3) is 0 Å². The Bertz CT molecular complexity index is 268. The van der Waals surface area contributed by atoms with E-state index in [1.54, 1.807) is 13.8 Å². The highest BCUT2D eigenvalue weighted by Gasteiger charge is 2.28. The Kier molecular flexibility index (Phi) is 4.54. The third-order valence-electron chi connectivity index (χ3n) is 3.29. The van der Waals surface area contributed by atoms with Crippen LogP contribution >= 0.6 is 0 Å². The van der Waals surface area contributed by atoms with Crippen molar-refractivity contribution in [1.29, 1.82) is 0 Å². The van der Waals surface area contributed by atoms with Crippen molar-refractivity contribution in [2.45, 2.75) is 33.6 Å². The highest BCUT2D eigenvalue weighted by molar-refractivity contribution is 5.73. The van der Waals surface area contributed by atoms with Gasteiger partial charge in [0.25, 0.3) is 0 Å². The zero-order valence-corrected chi connectivity index (χ0v) is 10.4. The van der Waals surface area contributed by atoms with E-state index in [9.17, 15) is 4.79 Å². The highest BCUT2D eigenvalue weighted by Crippen LogP contribution is 2.26. The Hall–Kier alpha value is -0.830. The molecule has 2 atom stereocenters. The summed E-state index contributed by atoms with van der Waals surface area (Å²) in [6.07, 6.45) is 6.56. The van der Waals surface area contributed by atoms with Crippen molar-refractivity contribution in [2.24, 2.45) is 17.3 Å². The van der Waals surface area contributed by atoms with E-state index in [0.29, 0.717) is 18.4 Å². The lowest BCUT2D eigenvalue weighted by Crippen LogP contribution is -2.31. The maximum Gasteiger partial charge on any atom is 0.311 e. The lowest BCUT2D eigenvalue weighted by Gasteiger charge is -2.27. The van der Waals surface area contributed by atoms with Gasteiger partial charge in [0.1, 0.15) is 0 Å². The fourth-order valence-corrected chi connectivity index (χ4v) is 1.77. The zero-order valence-electron chi connectivity index (χ0n) is 10.4. The summed E-state index contributed by atoms with van der Waals surface area (Å²) in [6.45, 7) is 6.57. The first-order chi connectivity index (χ1) is 7.43. The molecule has 3 nitrogen and oxygen atoms in total. The van der Waals surface area contributed by atoms with E-state index in [-0.39, 0.29) is 6.61 Å². The molecule has 16 heavy (non-hydrogen) atoms. The first-order valence-electron chi connectivity index (χ1n) is 5.89.